The highest BCUT2D eigenvalue weighted by Crippen LogP contribution is 2.29. The molecule has 2 rings (SSSR count). The van der Waals surface area contributed by atoms with E-state index in [9.17, 15) is 4.79 Å². The summed E-state index contributed by atoms with van der Waals surface area (Å²) >= 11 is 0. The van der Waals surface area contributed by atoms with Crippen molar-refractivity contribution in [3.63, 3.8) is 0 Å². The molecule has 0 amide bonds. The van der Waals surface area contributed by atoms with E-state index in [4.69, 9.17) is 14.2 Å². The van der Waals surface area contributed by atoms with Crippen molar-refractivity contribution in [2.75, 3.05) is 7.11 Å². The van der Waals surface area contributed by atoms with Crippen LogP contribution in [0.25, 0.3) is 6.08 Å². The maximum absolute atomic E-state index is 12.2. The number of esters is 1. The summed E-state index contributed by atoms with van der Waals surface area (Å²) in [7, 11) is 1.59. The van der Waals surface area contributed by atoms with Crippen LogP contribution in [-0.2, 0) is 4.79 Å². The summed E-state index contributed by atoms with van der Waals surface area (Å²) in [5.41, 5.74) is 1.83. The second-order valence-electron chi connectivity index (χ2n) is 6.52. The molecule has 0 N–H and O–H groups in total. The van der Waals surface area contributed by atoms with Gasteiger partial charge in [0.2, 0.25) is 0 Å². The molecule has 0 atom stereocenters. The van der Waals surface area contributed by atoms with Crippen LogP contribution in [0.3, 0.4) is 0 Å². The molecule has 0 aromatic heterocycles. The van der Waals surface area contributed by atoms with Crippen LogP contribution < -0.4 is 14.2 Å². The smallest absolute Gasteiger partial charge is 0.336 e. The lowest BCUT2D eigenvalue weighted by atomic mass is 10.0. The molecule has 0 aliphatic heterocycles. The Balaban J connectivity index is 2.11. The fourth-order valence-corrected chi connectivity index (χ4v) is 2.50. The van der Waals surface area contributed by atoms with Gasteiger partial charge in [0.15, 0.2) is 11.5 Å². The van der Waals surface area contributed by atoms with Crippen LogP contribution in [0, 0.1) is 0 Å². The first-order valence-electron chi connectivity index (χ1n) is 8.74. The van der Waals surface area contributed by atoms with Crippen molar-refractivity contribution in [3.8, 4) is 17.2 Å². The van der Waals surface area contributed by atoms with Crippen LogP contribution in [0.4, 0.5) is 0 Å². The number of carbonyl (C=O) groups excluding carboxylic acids is 1. The van der Waals surface area contributed by atoms with Crippen LogP contribution in [-0.4, -0.2) is 19.2 Å². The maximum atomic E-state index is 12.2. The zero-order valence-electron chi connectivity index (χ0n) is 16.0. The van der Waals surface area contributed by atoms with Crippen molar-refractivity contribution < 1.29 is 19.0 Å². The third-order valence-corrected chi connectivity index (χ3v) is 3.71. The molecule has 0 saturated heterocycles. The molecule has 0 unspecified atom stereocenters. The van der Waals surface area contributed by atoms with Gasteiger partial charge in [-0.15, -0.1) is 0 Å². The zero-order valence-corrected chi connectivity index (χ0v) is 16.0. The third kappa shape index (κ3) is 5.38. The number of rotatable bonds is 7. The predicted octanol–water partition coefficient (Wildman–Crippen LogP) is 5.22. The van der Waals surface area contributed by atoms with Gasteiger partial charge in [0.05, 0.1) is 13.2 Å². The van der Waals surface area contributed by atoms with Crippen molar-refractivity contribution in [2.45, 2.75) is 39.7 Å². The number of benzene rings is 2. The Morgan fingerprint density at radius 3 is 2.35 bits per heavy atom. The summed E-state index contributed by atoms with van der Waals surface area (Å²) in [5, 5.41) is 0. The Morgan fingerprint density at radius 1 is 0.962 bits per heavy atom. The first kappa shape index (κ1) is 19.6. The Hall–Kier alpha value is -2.75. The van der Waals surface area contributed by atoms with Gasteiger partial charge in [-0.1, -0.05) is 38.1 Å². The van der Waals surface area contributed by atoms with Crippen LogP contribution >= 0.6 is 0 Å². The Bertz CT molecular complexity index is 775. The molecule has 0 saturated carbocycles. The maximum Gasteiger partial charge on any atom is 0.336 e. The monoisotopic (exact) mass is 354 g/mol. The fraction of sp³-hybridized carbons (Fsp3) is 0.318. The molecule has 0 fully saturated rings. The highest BCUT2D eigenvalue weighted by atomic mass is 16.5. The van der Waals surface area contributed by atoms with Gasteiger partial charge in [0.1, 0.15) is 5.75 Å². The van der Waals surface area contributed by atoms with Crippen LogP contribution in [0.1, 0.15) is 44.7 Å². The average Bonchev–Trinajstić information content (AvgIpc) is 2.60. The highest BCUT2D eigenvalue weighted by Gasteiger charge is 2.10. The van der Waals surface area contributed by atoms with E-state index in [0.717, 1.165) is 11.1 Å². The van der Waals surface area contributed by atoms with Gasteiger partial charge >= 0.3 is 5.97 Å². The summed E-state index contributed by atoms with van der Waals surface area (Å²) in [6.07, 6.45) is 3.16. The van der Waals surface area contributed by atoms with E-state index in [1.54, 1.807) is 13.2 Å². The Kier molecular flexibility index (Phi) is 6.84. The molecule has 2 aromatic carbocycles. The Labute approximate surface area is 155 Å². The predicted molar refractivity (Wildman–Crippen MR) is 104 cm³/mol. The molecule has 4 heteroatoms. The van der Waals surface area contributed by atoms with E-state index in [2.05, 4.69) is 13.8 Å². The first-order chi connectivity index (χ1) is 12.4. The molecule has 0 aliphatic carbocycles. The number of hydrogen-bond donors (Lipinski definition) is 0. The Morgan fingerprint density at radius 2 is 1.69 bits per heavy atom. The van der Waals surface area contributed by atoms with Crippen molar-refractivity contribution >= 4 is 12.0 Å². The van der Waals surface area contributed by atoms with E-state index in [1.807, 2.05) is 56.3 Å². The number of hydrogen-bond acceptors (Lipinski definition) is 4. The second-order valence-corrected chi connectivity index (χ2v) is 6.52. The van der Waals surface area contributed by atoms with E-state index < -0.39 is 5.97 Å². The summed E-state index contributed by atoms with van der Waals surface area (Å²) in [5.74, 6) is 1.75. The molecule has 0 aliphatic rings. The second kappa shape index (κ2) is 9.09. The standard InChI is InChI=1S/C22H26O4/c1-15(2)18-8-6-7-9-19(18)26-22(23)13-11-17-10-12-20(25-16(3)4)21(14-17)24-5/h6-16H,1-5H3/b13-11+. The fourth-order valence-electron chi connectivity index (χ4n) is 2.50. The largest absolute Gasteiger partial charge is 0.493 e. The van der Waals surface area contributed by atoms with Crippen molar-refractivity contribution in [3.05, 3.63) is 59.7 Å². The SMILES string of the molecule is COc1cc(/C=C/C(=O)Oc2ccccc2C(C)C)ccc1OC(C)C. The lowest BCUT2D eigenvalue weighted by Crippen LogP contribution is -2.07. The van der Waals surface area contributed by atoms with Crippen molar-refractivity contribution in [1.29, 1.82) is 0 Å². The molecule has 26 heavy (non-hydrogen) atoms. The lowest BCUT2D eigenvalue weighted by Gasteiger charge is -2.13. The van der Waals surface area contributed by atoms with Crippen LogP contribution in [0.15, 0.2) is 48.5 Å². The lowest BCUT2D eigenvalue weighted by molar-refractivity contribution is -0.128. The molecule has 0 spiro atoms. The molecule has 0 bridgehead atoms. The number of carbonyl (C=O) groups is 1. The summed E-state index contributed by atoms with van der Waals surface area (Å²) < 4.78 is 16.5. The van der Waals surface area contributed by atoms with Gasteiger partial charge in [0.25, 0.3) is 0 Å². The average molecular weight is 354 g/mol. The molecule has 0 radical (unpaired) electrons. The number of ether oxygens (including phenoxy) is 3. The molecular formula is C22H26O4. The van der Waals surface area contributed by atoms with Gasteiger partial charge in [-0.2, -0.15) is 0 Å². The van der Waals surface area contributed by atoms with Gasteiger partial charge in [-0.25, -0.2) is 4.79 Å². The molecule has 4 nitrogen and oxygen atoms in total. The normalized spacial score (nSPS) is 11.2. The van der Waals surface area contributed by atoms with Crippen molar-refractivity contribution in [1.82, 2.24) is 0 Å². The molecule has 0 heterocycles. The minimum atomic E-state index is -0.417. The zero-order chi connectivity index (χ0) is 19.1. The molecule has 138 valence electrons. The van der Waals surface area contributed by atoms with Gasteiger partial charge in [-0.3, -0.25) is 0 Å². The van der Waals surface area contributed by atoms with E-state index in [-0.39, 0.29) is 12.0 Å². The summed E-state index contributed by atoms with van der Waals surface area (Å²) in [6.45, 7) is 8.04. The first-order valence-corrected chi connectivity index (χ1v) is 8.74. The van der Waals surface area contributed by atoms with Crippen LogP contribution in [0.5, 0.6) is 17.2 Å². The summed E-state index contributed by atoms with van der Waals surface area (Å²) in [4.78, 5) is 12.2. The van der Waals surface area contributed by atoms with E-state index in [0.29, 0.717) is 17.2 Å². The minimum Gasteiger partial charge on any atom is -0.493 e. The van der Waals surface area contributed by atoms with Gasteiger partial charge in [0, 0.05) is 6.08 Å². The third-order valence-electron chi connectivity index (χ3n) is 3.71. The highest BCUT2D eigenvalue weighted by molar-refractivity contribution is 5.89. The molecular weight excluding hydrogens is 328 g/mol. The van der Waals surface area contributed by atoms with Gasteiger partial charge in [-0.05, 0) is 55.2 Å². The quantitative estimate of drug-likeness (QED) is 0.388. The van der Waals surface area contributed by atoms with Crippen LogP contribution in [0.2, 0.25) is 0 Å². The summed E-state index contributed by atoms with van der Waals surface area (Å²) in [6, 6.07) is 13.1. The number of para-hydroxylation sites is 1. The molecule has 2 aromatic rings. The topological polar surface area (TPSA) is 44.8 Å². The van der Waals surface area contributed by atoms with Gasteiger partial charge < -0.3 is 14.2 Å². The van der Waals surface area contributed by atoms with E-state index >= 15 is 0 Å². The van der Waals surface area contributed by atoms with E-state index in [1.165, 1.54) is 6.08 Å². The minimum absolute atomic E-state index is 0.0568. The van der Waals surface area contributed by atoms with Crippen molar-refractivity contribution in [2.24, 2.45) is 0 Å². The number of methoxy groups -OCH3 is 1.